The predicted molar refractivity (Wildman–Crippen MR) is 80.5 cm³/mol. The van der Waals surface area contributed by atoms with Crippen LogP contribution in [-0.4, -0.2) is 36.7 Å². The number of rotatable bonds is 6. The van der Waals surface area contributed by atoms with Gasteiger partial charge in [0.1, 0.15) is 0 Å². The number of aliphatic carboxylic acids is 1. The van der Waals surface area contributed by atoms with Crippen LogP contribution in [-0.2, 0) is 14.9 Å². The summed E-state index contributed by atoms with van der Waals surface area (Å²) in [5.41, 5.74) is 1.74. The molecule has 0 saturated carbocycles. The van der Waals surface area contributed by atoms with Gasteiger partial charge in [-0.15, -0.1) is 0 Å². The van der Waals surface area contributed by atoms with E-state index in [2.05, 4.69) is 26.1 Å². The molecule has 0 radical (unpaired) electrons. The van der Waals surface area contributed by atoms with Crippen molar-refractivity contribution in [3.05, 3.63) is 35.4 Å². The Morgan fingerprint density at radius 1 is 1.24 bits per heavy atom. The highest BCUT2D eigenvalue weighted by Crippen LogP contribution is 2.22. The molecule has 0 aliphatic heterocycles. The lowest BCUT2D eigenvalue weighted by molar-refractivity contribution is -0.139. The van der Waals surface area contributed by atoms with Crippen molar-refractivity contribution in [2.24, 2.45) is 0 Å². The summed E-state index contributed by atoms with van der Waals surface area (Å²) in [6.45, 7) is 6.49. The van der Waals surface area contributed by atoms with Gasteiger partial charge >= 0.3 is 5.97 Å². The maximum absolute atomic E-state index is 12.0. The first-order chi connectivity index (χ1) is 9.74. The van der Waals surface area contributed by atoms with E-state index < -0.39 is 12.1 Å². The van der Waals surface area contributed by atoms with Gasteiger partial charge in [0.05, 0.1) is 12.5 Å². The van der Waals surface area contributed by atoms with Crippen LogP contribution in [0.2, 0.25) is 0 Å². The van der Waals surface area contributed by atoms with Crippen molar-refractivity contribution in [2.45, 2.75) is 38.7 Å². The Labute approximate surface area is 125 Å². The number of carbonyl (C=O) groups excluding carboxylic acids is 1. The molecule has 5 heteroatoms. The van der Waals surface area contributed by atoms with Gasteiger partial charge < -0.3 is 15.2 Å². The number of carboxylic acids is 1. The molecular formula is C16H23NO4. The molecule has 1 unspecified atom stereocenters. The Morgan fingerprint density at radius 3 is 2.24 bits per heavy atom. The van der Waals surface area contributed by atoms with Crippen LogP contribution < -0.4 is 5.32 Å². The number of ether oxygens (including phenoxy) is 1. The molecule has 0 heterocycles. The summed E-state index contributed by atoms with van der Waals surface area (Å²) in [7, 11) is 1.43. The number of methoxy groups -OCH3 is 1. The number of carboxylic acid groups (broad SMARTS) is 1. The lowest BCUT2D eigenvalue weighted by Gasteiger charge is -2.19. The molecule has 1 aromatic carbocycles. The minimum Gasteiger partial charge on any atom is -0.481 e. The van der Waals surface area contributed by atoms with Crippen LogP contribution in [0.5, 0.6) is 0 Å². The van der Waals surface area contributed by atoms with Crippen molar-refractivity contribution in [3.8, 4) is 0 Å². The average molecular weight is 293 g/mol. The SMILES string of the molecule is COC(CNC(=O)c1ccc(C(C)(C)C)cc1)CC(=O)O. The van der Waals surface area contributed by atoms with Gasteiger partial charge in [-0.1, -0.05) is 32.9 Å². The standard InChI is InChI=1S/C16H23NO4/c1-16(2,3)12-7-5-11(6-8-12)15(20)17-10-13(21-4)9-14(18)19/h5-8,13H,9-10H2,1-4H3,(H,17,20)(H,18,19). The van der Waals surface area contributed by atoms with E-state index in [-0.39, 0.29) is 24.3 Å². The second-order valence-corrected chi connectivity index (χ2v) is 5.99. The first-order valence-corrected chi connectivity index (χ1v) is 6.87. The van der Waals surface area contributed by atoms with E-state index in [4.69, 9.17) is 9.84 Å². The fraction of sp³-hybridized carbons (Fsp3) is 0.500. The molecule has 116 valence electrons. The molecule has 0 aliphatic rings. The number of amides is 1. The smallest absolute Gasteiger partial charge is 0.306 e. The molecule has 1 atom stereocenters. The summed E-state index contributed by atoms with van der Waals surface area (Å²) in [6.07, 6.45) is -0.667. The Balaban J connectivity index is 2.61. The highest BCUT2D eigenvalue weighted by molar-refractivity contribution is 5.94. The summed E-state index contributed by atoms with van der Waals surface area (Å²) in [5, 5.41) is 11.4. The Morgan fingerprint density at radius 2 is 1.81 bits per heavy atom. The molecule has 1 aromatic rings. The second-order valence-electron chi connectivity index (χ2n) is 5.99. The molecule has 0 spiro atoms. The van der Waals surface area contributed by atoms with Crippen molar-refractivity contribution < 1.29 is 19.4 Å². The van der Waals surface area contributed by atoms with Crippen LogP contribution in [0.4, 0.5) is 0 Å². The monoisotopic (exact) mass is 293 g/mol. The summed E-state index contributed by atoms with van der Waals surface area (Å²) in [4.78, 5) is 22.6. The van der Waals surface area contributed by atoms with Crippen molar-refractivity contribution in [1.29, 1.82) is 0 Å². The van der Waals surface area contributed by atoms with E-state index in [1.165, 1.54) is 7.11 Å². The van der Waals surface area contributed by atoms with Crippen molar-refractivity contribution in [2.75, 3.05) is 13.7 Å². The highest BCUT2D eigenvalue weighted by atomic mass is 16.5. The first-order valence-electron chi connectivity index (χ1n) is 6.87. The number of nitrogens with one attached hydrogen (secondary N) is 1. The molecule has 21 heavy (non-hydrogen) atoms. The van der Waals surface area contributed by atoms with Gasteiger partial charge in [0.25, 0.3) is 5.91 Å². The van der Waals surface area contributed by atoms with Gasteiger partial charge in [0.15, 0.2) is 0 Å². The number of hydrogen-bond donors (Lipinski definition) is 2. The maximum Gasteiger partial charge on any atom is 0.306 e. The summed E-state index contributed by atoms with van der Waals surface area (Å²) >= 11 is 0. The average Bonchev–Trinajstić information content (AvgIpc) is 2.41. The van der Waals surface area contributed by atoms with Crippen LogP contribution in [0.25, 0.3) is 0 Å². The maximum atomic E-state index is 12.0. The van der Waals surface area contributed by atoms with Gasteiger partial charge in [-0.25, -0.2) is 0 Å². The molecule has 0 bridgehead atoms. The van der Waals surface area contributed by atoms with Crippen LogP contribution in [0.3, 0.4) is 0 Å². The van der Waals surface area contributed by atoms with Crippen LogP contribution >= 0.6 is 0 Å². The Kier molecular flexibility index (Phi) is 5.90. The van der Waals surface area contributed by atoms with E-state index in [0.29, 0.717) is 5.56 Å². The number of carbonyl (C=O) groups is 2. The zero-order valence-corrected chi connectivity index (χ0v) is 13.0. The molecule has 1 rings (SSSR count). The Hall–Kier alpha value is -1.88. The van der Waals surface area contributed by atoms with Crippen LogP contribution in [0.1, 0.15) is 43.1 Å². The summed E-state index contributed by atoms with van der Waals surface area (Å²) in [5.74, 6) is -1.19. The summed E-state index contributed by atoms with van der Waals surface area (Å²) < 4.78 is 5.02. The third-order valence-corrected chi connectivity index (χ3v) is 3.24. The molecule has 1 amide bonds. The van der Waals surface area contributed by atoms with E-state index in [9.17, 15) is 9.59 Å². The third kappa shape index (κ3) is 5.55. The van der Waals surface area contributed by atoms with E-state index in [1.807, 2.05) is 12.1 Å². The predicted octanol–water partition coefficient (Wildman–Crippen LogP) is 2.20. The lowest BCUT2D eigenvalue weighted by Crippen LogP contribution is -2.34. The lowest BCUT2D eigenvalue weighted by atomic mass is 9.87. The van der Waals surface area contributed by atoms with Gasteiger partial charge in [-0.3, -0.25) is 9.59 Å². The molecule has 0 aromatic heterocycles. The topological polar surface area (TPSA) is 75.6 Å². The first kappa shape index (κ1) is 17.2. The van der Waals surface area contributed by atoms with Crippen molar-refractivity contribution in [1.82, 2.24) is 5.32 Å². The Bertz CT molecular complexity index is 488. The zero-order valence-electron chi connectivity index (χ0n) is 13.0. The third-order valence-electron chi connectivity index (χ3n) is 3.24. The molecule has 0 fully saturated rings. The van der Waals surface area contributed by atoms with Crippen molar-refractivity contribution in [3.63, 3.8) is 0 Å². The fourth-order valence-electron chi connectivity index (χ4n) is 1.86. The summed E-state index contributed by atoms with van der Waals surface area (Å²) in [6, 6.07) is 7.41. The molecule has 0 saturated heterocycles. The number of benzene rings is 1. The molecule has 2 N–H and O–H groups in total. The van der Waals surface area contributed by atoms with Crippen molar-refractivity contribution >= 4 is 11.9 Å². The normalized spacial score (nSPS) is 12.8. The second kappa shape index (κ2) is 7.22. The van der Waals surface area contributed by atoms with Crippen LogP contribution in [0.15, 0.2) is 24.3 Å². The minimum atomic E-state index is -0.953. The van der Waals surface area contributed by atoms with Crippen LogP contribution in [0, 0.1) is 0 Å². The van der Waals surface area contributed by atoms with Gasteiger partial charge in [-0.2, -0.15) is 0 Å². The molecular weight excluding hydrogens is 270 g/mol. The fourth-order valence-corrected chi connectivity index (χ4v) is 1.86. The zero-order chi connectivity index (χ0) is 16.0. The minimum absolute atomic E-state index is 0.0393. The van der Waals surface area contributed by atoms with E-state index in [0.717, 1.165) is 5.56 Å². The van der Waals surface area contributed by atoms with Gasteiger partial charge in [0, 0.05) is 19.2 Å². The molecule has 5 nitrogen and oxygen atoms in total. The quantitative estimate of drug-likeness (QED) is 0.843. The van der Waals surface area contributed by atoms with Gasteiger partial charge in [0.2, 0.25) is 0 Å². The van der Waals surface area contributed by atoms with E-state index >= 15 is 0 Å². The molecule has 0 aliphatic carbocycles. The van der Waals surface area contributed by atoms with Gasteiger partial charge in [-0.05, 0) is 23.1 Å². The largest absolute Gasteiger partial charge is 0.481 e. The van der Waals surface area contributed by atoms with E-state index in [1.54, 1.807) is 12.1 Å². The number of hydrogen-bond acceptors (Lipinski definition) is 3. The highest BCUT2D eigenvalue weighted by Gasteiger charge is 2.16.